The van der Waals surface area contributed by atoms with Gasteiger partial charge in [0.05, 0.1) is 6.54 Å². The van der Waals surface area contributed by atoms with E-state index in [1.165, 1.54) is 4.90 Å². The molecule has 0 bridgehead atoms. The van der Waals surface area contributed by atoms with Gasteiger partial charge in [-0.2, -0.15) is 0 Å². The Morgan fingerprint density at radius 1 is 1.25 bits per heavy atom. The molecule has 6 heteroatoms. The number of likely N-dealkylation sites (N-methyl/N-ethyl adjacent to an activating group) is 1. The topological polar surface area (TPSA) is 58.6 Å². The van der Waals surface area contributed by atoms with Gasteiger partial charge in [-0.1, -0.05) is 25.4 Å². The van der Waals surface area contributed by atoms with Gasteiger partial charge in [0, 0.05) is 18.1 Å². The number of carbonyl (C=O) groups excluding carboxylic acids is 2. The molecule has 0 aliphatic rings. The van der Waals surface area contributed by atoms with Crippen LogP contribution in [-0.2, 0) is 9.59 Å². The molecule has 1 rings (SSSR count). The van der Waals surface area contributed by atoms with Crippen LogP contribution in [0, 0.1) is 6.92 Å². The first-order valence-electron chi connectivity index (χ1n) is 8.08. The number of benzene rings is 1. The number of hydrogen-bond acceptors (Lipinski definition) is 3. The molecule has 0 heterocycles. The second-order valence-corrected chi connectivity index (χ2v) is 6.96. The maximum atomic E-state index is 12.2. The van der Waals surface area contributed by atoms with Crippen molar-refractivity contribution < 1.29 is 14.3 Å². The lowest BCUT2D eigenvalue weighted by atomic mass is 10.0. The Bertz CT molecular complexity index is 600. The SMILES string of the molecule is Cc1cc(OCC(=O)N(C)CC(=O)NC(C)C)c(C(C)C)cc1Cl. The smallest absolute Gasteiger partial charge is 0.260 e. The lowest BCUT2D eigenvalue weighted by molar-refractivity contribution is -0.136. The van der Waals surface area contributed by atoms with Gasteiger partial charge < -0.3 is 15.0 Å². The molecule has 0 fully saturated rings. The first-order chi connectivity index (χ1) is 11.1. The van der Waals surface area contributed by atoms with E-state index >= 15 is 0 Å². The molecule has 134 valence electrons. The fraction of sp³-hybridized carbons (Fsp3) is 0.556. The minimum absolute atomic E-state index is 0.0110. The summed E-state index contributed by atoms with van der Waals surface area (Å²) in [6.45, 7) is 9.61. The van der Waals surface area contributed by atoms with E-state index in [-0.39, 0.29) is 36.9 Å². The number of nitrogens with zero attached hydrogens (tertiary/aromatic N) is 1. The van der Waals surface area contributed by atoms with E-state index in [1.54, 1.807) is 7.05 Å². The third kappa shape index (κ3) is 6.04. The van der Waals surface area contributed by atoms with Crippen LogP contribution < -0.4 is 10.1 Å². The van der Waals surface area contributed by atoms with Gasteiger partial charge in [-0.05, 0) is 49.9 Å². The lowest BCUT2D eigenvalue weighted by Gasteiger charge is -2.20. The predicted molar refractivity (Wildman–Crippen MR) is 96.7 cm³/mol. The Labute approximate surface area is 149 Å². The Morgan fingerprint density at radius 3 is 2.42 bits per heavy atom. The van der Waals surface area contributed by atoms with E-state index in [2.05, 4.69) is 5.32 Å². The van der Waals surface area contributed by atoms with Crippen LogP contribution in [0.15, 0.2) is 12.1 Å². The van der Waals surface area contributed by atoms with E-state index in [0.29, 0.717) is 10.8 Å². The highest BCUT2D eigenvalue weighted by Gasteiger charge is 2.16. The van der Waals surface area contributed by atoms with Crippen molar-refractivity contribution in [1.82, 2.24) is 10.2 Å². The quantitative estimate of drug-likeness (QED) is 0.818. The van der Waals surface area contributed by atoms with Crippen LogP contribution >= 0.6 is 11.6 Å². The molecule has 0 atom stereocenters. The zero-order valence-electron chi connectivity index (χ0n) is 15.3. The highest BCUT2D eigenvalue weighted by atomic mass is 35.5. The van der Waals surface area contributed by atoms with Gasteiger partial charge in [0.25, 0.3) is 5.91 Å². The molecule has 0 aliphatic carbocycles. The first-order valence-corrected chi connectivity index (χ1v) is 8.45. The van der Waals surface area contributed by atoms with Crippen LogP contribution in [0.25, 0.3) is 0 Å². The second-order valence-electron chi connectivity index (χ2n) is 6.55. The molecule has 1 aromatic carbocycles. The van der Waals surface area contributed by atoms with Gasteiger partial charge in [-0.3, -0.25) is 9.59 Å². The summed E-state index contributed by atoms with van der Waals surface area (Å²) >= 11 is 6.17. The maximum Gasteiger partial charge on any atom is 0.260 e. The Kier molecular flexibility index (Phi) is 7.55. The zero-order chi connectivity index (χ0) is 18.4. The summed E-state index contributed by atoms with van der Waals surface area (Å²) in [5, 5.41) is 3.43. The van der Waals surface area contributed by atoms with E-state index in [1.807, 2.05) is 46.8 Å². The molecule has 0 aromatic heterocycles. The molecule has 5 nitrogen and oxygen atoms in total. The number of carbonyl (C=O) groups is 2. The third-order valence-electron chi connectivity index (χ3n) is 3.52. The molecule has 0 aliphatic heterocycles. The molecule has 0 unspecified atom stereocenters. The molecular formula is C18H27ClN2O3. The number of hydrogen-bond donors (Lipinski definition) is 1. The van der Waals surface area contributed by atoms with Gasteiger partial charge >= 0.3 is 0 Å². The lowest BCUT2D eigenvalue weighted by Crippen LogP contribution is -2.42. The fourth-order valence-corrected chi connectivity index (χ4v) is 2.34. The Hall–Kier alpha value is -1.75. The summed E-state index contributed by atoms with van der Waals surface area (Å²) in [7, 11) is 1.59. The van der Waals surface area contributed by atoms with Crippen LogP contribution in [-0.4, -0.2) is 43.0 Å². The van der Waals surface area contributed by atoms with E-state index < -0.39 is 0 Å². The maximum absolute atomic E-state index is 12.2. The van der Waals surface area contributed by atoms with Crippen molar-refractivity contribution in [3.05, 3.63) is 28.3 Å². The summed E-state index contributed by atoms with van der Waals surface area (Å²) in [5.74, 6) is 0.435. The summed E-state index contributed by atoms with van der Waals surface area (Å²) in [5.41, 5.74) is 1.85. The van der Waals surface area contributed by atoms with Crippen molar-refractivity contribution >= 4 is 23.4 Å². The highest BCUT2D eigenvalue weighted by molar-refractivity contribution is 6.31. The summed E-state index contributed by atoms with van der Waals surface area (Å²) in [6, 6.07) is 3.76. The summed E-state index contributed by atoms with van der Waals surface area (Å²) in [4.78, 5) is 25.2. The second kappa shape index (κ2) is 8.92. The summed E-state index contributed by atoms with van der Waals surface area (Å²) in [6.07, 6.45) is 0. The van der Waals surface area contributed by atoms with Crippen molar-refractivity contribution in [2.45, 2.75) is 46.6 Å². The van der Waals surface area contributed by atoms with Crippen LogP contribution in [0.3, 0.4) is 0 Å². The molecule has 1 N–H and O–H groups in total. The number of halogens is 1. The molecular weight excluding hydrogens is 328 g/mol. The normalized spacial score (nSPS) is 10.9. The van der Waals surface area contributed by atoms with Crippen LogP contribution in [0.1, 0.15) is 44.7 Å². The van der Waals surface area contributed by atoms with Crippen molar-refractivity contribution in [1.29, 1.82) is 0 Å². The minimum Gasteiger partial charge on any atom is -0.483 e. The van der Waals surface area contributed by atoms with Gasteiger partial charge in [0.1, 0.15) is 5.75 Å². The van der Waals surface area contributed by atoms with Gasteiger partial charge in [-0.25, -0.2) is 0 Å². The number of nitrogens with one attached hydrogen (secondary N) is 1. The first kappa shape index (κ1) is 20.3. The molecule has 0 radical (unpaired) electrons. The zero-order valence-corrected chi connectivity index (χ0v) is 16.0. The van der Waals surface area contributed by atoms with Crippen molar-refractivity contribution in [3.63, 3.8) is 0 Å². The van der Waals surface area contributed by atoms with E-state index in [4.69, 9.17) is 16.3 Å². The molecule has 24 heavy (non-hydrogen) atoms. The van der Waals surface area contributed by atoms with E-state index in [0.717, 1.165) is 11.1 Å². The van der Waals surface area contributed by atoms with Gasteiger partial charge in [0.15, 0.2) is 6.61 Å². The minimum atomic E-state index is -0.254. The molecule has 0 saturated heterocycles. The molecule has 2 amide bonds. The Morgan fingerprint density at radius 2 is 1.88 bits per heavy atom. The number of ether oxygens (including phenoxy) is 1. The van der Waals surface area contributed by atoms with E-state index in [9.17, 15) is 9.59 Å². The number of aryl methyl sites for hydroxylation is 1. The summed E-state index contributed by atoms with van der Waals surface area (Å²) < 4.78 is 5.70. The standard InChI is InChI=1S/C18H27ClN2O3/c1-11(2)14-8-15(19)13(5)7-16(14)24-10-18(23)21(6)9-17(22)20-12(3)4/h7-8,11-12H,9-10H2,1-6H3,(H,20,22). The Balaban J connectivity index is 2.70. The van der Waals surface area contributed by atoms with Crippen LogP contribution in [0.2, 0.25) is 5.02 Å². The molecule has 0 saturated carbocycles. The monoisotopic (exact) mass is 354 g/mol. The van der Waals surface area contributed by atoms with Crippen molar-refractivity contribution in [2.24, 2.45) is 0 Å². The highest BCUT2D eigenvalue weighted by Crippen LogP contribution is 2.31. The van der Waals surface area contributed by atoms with Gasteiger partial charge in [-0.15, -0.1) is 0 Å². The average molecular weight is 355 g/mol. The third-order valence-corrected chi connectivity index (χ3v) is 3.93. The van der Waals surface area contributed by atoms with Crippen molar-refractivity contribution in [3.8, 4) is 5.75 Å². The molecule has 0 spiro atoms. The van der Waals surface area contributed by atoms with Crippen molar-refractivity contribution in [2.75, 3.05) is 20.2 Å². The number of rotatable bonds is 7. The largest absolute Gasteiger partial charge is 0.483 e. The van der Waals surface area contributed by atoms with Crippen LogP contribution in [0.5, 0.6) is 5.75 Å². The fourth-order valence-electron chi connectivity index (χ4n) is 2.17. The average Bonchev–Trinajstić information content (AvgIpc) is 2.46. The predicted octanol–water partition coefficient (Wildman–Crippen LogP) is 3.13. The van der Waals surface area contributed by atoms with Crippen LogP contribution in [0.4, 0.5) is 0 Å². The molecule has 1 aromatic rings. The number of amides is 2. The van der Waals surface area contributed by atoms with Gasteiger partial charge in [0.2, 0.25) is 5.91 Å².